The second-order valence-corrected chi connectivity index (χ2v) is 7.43. The van der Waals surface area contributed by atoms with Crippen molar-refractivity contribution in [1.29, 1.82) is 0 Å². The molecule has 0 atom stereocenters. The van der Waals surface area contributed by atoms with Gasteiger partial charge < -0.3 is 0 Å². The molecule has 0 aromatic rings. The summed E-state index contributed by atoms with van der Waals surface area (Å²) in [4.78, 5) is 20.3. The predicted octanol–water partition coefficient (Wildman–Crippen LogP) is -0.107. The Bertz CT molecular complexity index is 164. The maximum atomic E-state index is 11.5. The molecule has 0 aliphatic rings. The van der Waals surface area contributed by atoms with E-state index in [1.54, 1.807) is 0 Å². The Morgan fingerprint density at radius 2 is 1.08 bits per heavy atom. The molecule has 0 N–H and O–H groups in total. The number of carbonyl (C=O) groups excluding carboxylic acids is 2. The molecule has 8 heteroatoms. The van der Waals surface area contributed by atoms with E-state index in [2.05, 4.69) is 0 Å². The Morgan fingerprint density at radius 3 is 1.25 bits per heavy atom. The molecule has 12 heavy (non-hydrogen) atoms. The van der Waals surface area contributed by atoms with Gasteiger partial charge in [-0.05, 0) is 0 Å². The first-order chi connectivity index (χ1) is 5.45. The van der Waals surface area contributed by atoms with Crippen LogP contribution in [-0.4, -0.2) is 48.5 Å². The van der Waals surface area contributed by atoms with Crippen LogP contribution in [0.5, 0.6) is 0 Å². The van der Waals surface area contributed by atoms with Crippen molar-refractivity contribution in [2.45, 2.75) is 12.9 Å². The van der Waals surface area contributed by atoms with Gasteiger partial charge in [-0.25, -0.2) is 0 Å². The summed E-state index contributed by atoms with van der Waals surface area (Å²) in [5.41, 5.74) is 0. The van der Waals surface area contributed by atoms with Gasteiger partial charge in [-0.3, -0.25) is 0 Å². The van der Waals surface area contributed by atoms with Gasteiger partial charge in [0.25, 0.3) is 0 Å². The molecule has 0 spiro atoms. The van der Waals surface area contributed by atoms with Crippen molar-refractivity contribution >= 4 is 35.6 Å². The Kier molecular flexibility index (Phi) is 5.74. The van der Waals surface area contributed by atoms with Crippen LogP contribution in [0.2, 0.25) is 0 Å². The average Bonchev–Trinajstić information content (AvgIpc) is 1.98. The molecule has 70 valence electrons. The van der Waals surface area contributed by atoms with Gasteiger partial charge in [0.15, 0.2) is 0 Å². The van der Waals surface area contributed by atoms with Crippen LogP contribution in [0.1, 0.15) is 0 Å². The van der Waals surface area contributed by atoms with Gasteiger partial charge in [0.2, 0.25) is 0 Å². The average molecular weight is 316 g/mol. The molecule has 0 heterocycles. The Labute approximate surface area is 75.9 Å². The Hall–Kier alpha value is 0.0990. The molecule has 0 aromatic carbocycles. The third-order valence-electron chi connectivity index (χ3n) is 0.562. The molecule has 0 saturated heterocycles. The maximum absolute atomic E-state index is 11.5. The van der Waals surface area contributed by atoms with Crippen molar-refractivity contribution in [1.82, 2.24) is 0 Å². The van der Waals surface area contributed by atoms with Crippen molar-refractivity contribution < 1.29 is 27.2 Å². The second-order valence-electron chi connectivity index (χ2n) is 1.41. The van der Waals surface area contributed by atoms with Crippen molar-refractivity contribution in [3.8, 4) is 0 Å². The van der Waals surface area contributed by atoms with E-state index in [0.29, 0.717) is 0 Å². The van der Waals surface area contributed by atoms with Crippen LogP contribution >= 0.6 is 0 Å². The molecule has 0 aliphatic carbocycles. The third kappa shape index (κ3) is 4.87. The van der Waals surface area contributed by atoms with Crippen LogP contribution in [0.15, 0.2) is 0 Å². The van der Waals surface area contributed by atoms with Crippen LogP contribution in [-0.2, 0) is 9.59 Å². The number of rotatable bonds is 5. The van der Waals surface area contributed by atoms with E-state index in [-0.39, 0.29) is 0 Å². The minimum atomic E-state index is -3.14. The van der Waals surface area contributed by atoms with Gasteiger partial charge in [0.05, 0.1) is 0 Å². The fraction of sp³-hybridized carbons (Fsp3) is 0.500. The quantitative estimate of drug-likeness (QED) is 0.524. The Balaban J connectivity index is 3.69. The molecule has 0 aliphatic heterocycles. The van der Waals surface area contributed by atoms with E-state index < -0.39 is 48.5 Å². The molecule has 0 radical (unpaired) electrons. The zero-order chi connectivity index (χ0) is 9.72. The zero-order valence-corrected chi connectivity index (χ0v) is 8.73. The summed E-state index contributed by atoms with van der Waals surface area (Å²) in [5, 5.41) is 0. The van der Waals surface area contributed by atoms with Gasteiger partial charge in [0, 0.05) is 0 Å². The molecular formula is C4H2F4O2Se2. The summed E-state index contributed by atoms with van der Waals surface area (Å²) in [7, 11) is 0. The standard InChI is InChI=1S/C4H2F4O2Se2/c5-1(6)3(9)11-12-4(10)2(7)8/h1-2H. The van der Waals surface area contributed by atoms with Crippen LogP contribution in [0, 0.1) is 0 Å². The van der Waals surface area contributed by atoms with Crippen LogP contribution in [0.4, 0.5) is 17.6 Å². The second kappa shape index (κ2) is 5.69. The molecule has 0 saturated carbocycles. The Morgan fingerprint density at radius 1 is 0.833 bits per heavy atom. The van der Waals surface area contributed by atoms with Crippen LogP contribution in [0.3, 0.4) is 0 Å². The van der Waals surface area contributed by atoms with Gasteiger partial charge in [0.1, 0.15) is 0 Å². The van der Waals surface area contributed by atoms with Crippen molar-refractivity contribution in [2.24, 2.45) is 0 Å². The van der Waals surface area contributed by atoms with E-state index in [4.69, 9.17) is 0 Å². The molecule has 0 amide bonds. The molecule has 0 aromatic heterocycles. The normalized spacial score (nSPS) is 10.8. The predicted molar refractivity (Wildman–Crippen MR) is 33.5 cm³/mol. The van der Waals surface area contributed by atoms with E-state index in [0.717, 1.165) is 0 Å². The SMILES string of the molecule is O=C([Se][Se]C(=O)C(F)F)C(F)F. The third-order valence-corrected chi connectivity index (χ3v) is 6.66. The summed E-state index contributed by atoms with van der Waals surface area (Å²) in [5.74, 6) is 0. The number of carbonyl (C=O) groups is 2. The minimum absolute atomic E-state index is 1.30. The first-order valence-corrected chi connectivity index (χ1v) is 8.48. The number of alkyl halides is 4. The summed E-state index contributed by atoms with van der Waals surface area (Å²) in [6, 6.07) is 0. The number of hydrogen-bond acceptors (Lipinski definition) is 2. The summed E-state index contributed by atoms with van der Waals surface area (Å²) < 4.78 is 43.0. The summed E-state index contributed by atoms with van der Waals surface area (Å²) in [6.45, 7) is 0. The van der Waals surface area contributed by atoms with Gasteiger partial charge in [-0.15, -0.1) is 0 Å². The molecule has 2 nitrogen and oxygen atoms in total. The van der Waals surface area contributed by atoms with Crippen LogP contribution in [0.25, 0.3) is 0 Å². The zero-order valence-electron chi connectivity index (χ0n) is 5.30. The molecule has 0 fully saturated rings. The first kappa shape index (κ1) is 12.1. The fourth-order valence-corrected chi connectivity index (χ4v) is 4.18. The van der Waals surface area contributed by atoms with Gasteiger partial charge in [-0.2, -0.15) is 0 Å². The van der Waals surface area contributed by atoms with Crippen molar-refractivity contribution in [3.63, 3.8) is 0 Å². The van der Waals surface area contributed by atoms with Gasteiger partial charge in [-0.1, -0.05) is 0 Å². The van der Waals surface area contributed by atoms with Crippen molar-refractivity contribution in [3.05, 3.63) is 0 Å². The molecular weight excluding hydrogens is 314 g/mol. The molecule has 0 unspecified atom stereocenters. The summed E-state index contributed by atoms with van der Waals surface area (Å²) in [6.07, 6.45) is -6.28. The first-order valence-electron chi connectivity index (χ1n) is 2.43. The topological polar surface area (TPSA) is 34.1 Å². The van der Waals surface area contributed by atoms with E-state index in [1.165, 1.54) is 0 Å². The molecule has 0 rings (SSSR count). The number of halogens is 4. The van der Waals surface area contributed by atoms with Crippen LogP contribution < -0.4 is 0 Å². The number of hydrogen-bond donors (Lipinski definition) is 0. The van der Waals surface area contributed by atoms with E-state index >= 15 is 0 Å². The summed E-state index contributed by atoms with van der Waals surface area (Å²) >= 11 is -2.59. The monoisotopic (exact) mass is 318 g/mol. The van der Waals surface area contributed by atoms with E-state index in [1.807, 2.05) is 0 Å². The van der Waals surface area contributed by atoms with Gasteiger partial charge >= 0.3 is 75.6 Å². The van der Waals surface area contributed by atoms with Crippen molar-refractivity contribution in [2.75, 3.05) is 0 Å². The van der Waals surface area contributed by atoms with E-state index in [9.17, 15) is 27.2 Å². The fourth-order valence-electron chi connectivity index (χ4n) is 0.155. The molecule has 0 bridgehead atoms.